The fraction of sp³-hybridized carbons (Fsp3) is 0.160. The SMILES string of the molecule is Fc1ccc(-c2ccn(CCCOCc3ccccc3)c2-c2ccncc2)cc1. The summed E-state index contributed by atoms with van der Waals surface area (Å²) in [5.41, 5.74) is 5.47. The Kier molecular flexibility index (Phi) is 6.13. The van der Waals surface area contributed by atoms with Gasteiger partial charge in [0.05, 0.1) is 12.3 Å². The van der Waals surface area contributed by atoms with Gasteiger partial charge in [-0.1, -0.05) is 42.5 Å². The lowest BCUT2D eigenvalue weighted by molar-refractivity contribution is 0.116. The highest BCUT2D eigenvalue weighted by atomic mass is 19.1. The van der Waals surface area contributed by atoms with Crippen LogP contribution in [-0.4, -0.2) is 16.2 Å². The maximum absolute atomic E-state index is 13.4. The molecule has 2 heterocycles. The molecule has 0 N–H and O–H groups in total. The normalized spacial score (nSPS) is 10.9. The maximum atomic E-state index is 13.4. The molecule has 0 spiro atoms. The Bertz CT molecular complexity index is 1030. The largest absolute Gasteiger partial charge is 0.377 e. The van der Waals surface area contributed by atoms with Crippen molar-refractivity contribution in [1.82, 2.24) is 9.55 Å². The van der Waals surface area contributed by atoms with Gasteiger partial charge in [-0.3, -0.25) is 4.98 Å². The van der Waals surface area contributed by atoms with Crippen LogP contribution in [0, 0.1) is 5.82 Å². The standard InChI is InChI=1S/C25H23FN2O/c26-23-9-7-21(8-10-23)24-13-17-28(25(24)22-11-14-27-15-12-22)16-4-18-29-19-20-5-2-1-3-6-20/h1-3,5-15,17H,4,16,18-19H2. The molecule has 0 aliphatic heterocycles. The summed E-state index contributed by atoms with van der Waals surface area (Å²) in [7, 11) is 0. The molecule has 29 heavy (non-hydrogen) atoms. The molecule has 0 aliphatic carbocycles. The van der Waals surface area contributed by atoms with Crippen LogP contribution >= 0.6 is 0 Å². The zero-order valence-corrected chi connectivity index (χ0v) is 16.2. The Morgan fingerprint density at radius 1 is 0.828 bits per heavy atom. The lowest BCUT2D eigenvalue weighted by Gasteiger charge is -2.12. The van der Waals surface area contributed by atoms with Crippen molar-refractivity contribution >= 4 is 0 Å². The Hall–Kier alpha value is -3.24. The van der Waals surface area contributed by atoms with Crippen molar-refractivity contribution in [3.63, 3.8) is 0 Å². The highest BCUT2D eigenvalue weighted by Gasteiger charge is 2.13. The molecule has 0 aliphatic rings. The van der Waals surface area contributed by atoms with E-state index in [0.717, 1.165) is 35.3 Å². The molecule has 0 radical (unpaired) electrons. The van der Waals surface area contributed by atoms with Gasteiger partial charge in [-0.2, -0.15) is 0 Å². The van der Waals surface area contributed by atoms with Crippen molar-refractivity contribution in [2.45, 2.75) is 19.6 Å². The summed E-state index contributed by atoms with van der Waals surface area (Å²) in [5, 5.41) is 0. The van der Waals surface area contributed by atoms with Crippen LogP contribution < -0.4 is 0 Å². The summed E-state index contributed by atoms with van der Waals surface area (Å²) >= 11 is 0. The average Bonchev–Trinajstić information content (AvgIpc) is 3.19. The quantitative estimate of drug-likeness (QED) is 0.349. The molecule has 4 aromatic rings. The fourth-order valence-electron chi connectivity index (χ4n) is 3.45. The van der Waals surface area contributed by atoms with Gasteiger partial charge in [0.15, 0.2) is 0 Å². The fourth-order valence-corrected chi connectivity index (χ4v) is 3.45. The lowest BCUT2D eigenvalue weighted by atomic mass is 10.0. The van der Waals surface area contributed by atoms with E-state index in [0.29, 0.717) is 13.2 Å². The van der Waals surface area contributed by atoms with Crippen LogP contribution in [0.1, 0.15) is 12.0 Å². The molecule has 2 aromatic carbocycles. The van der Waals surface area contributed by atoms with Crippen molar-refractivity contribution in [2.75, 3.05) is 6.61 Å². The summed E-state index contributed by atoms with van der Waals surface area (Å²) in [4.78, 5) is 4.14. The minimum absolute atomic E-state index is 0.228. The van der Waals surface area contributed by atoms with E-state index in [4.69, 9.17) is 4.74 Å². The third kappa shape index (κ3) is 4.79. The molecule has 0 saturated carbocycles. The number of ether oxygens (including phenoxy) is 1. The zero-order chi connectivity index (χ0) is 19.9. The van der Waals surface area contributed by atoms with Gasteiger partial charge >= 0.3 is 0 Å². The number of halogens is 1. The molecule has 2 aromatic heterocycles. The number of aromatic nitrogens is 2. The Balaban J connectivity index is 1.48. The number of hydrogen-bond acceptors (Lipinski definition) is 2. The van der Waals surface area contributed by atoms with Crippen LogP contribution in [-0.2, 0) is 17.9 Å². The third-order valence-corrected chi connectivity index (χ3v) is 4.87. The van der Waals surface area contributed by atoms with E-state index < -0.39 is 0 Å². The second-order valence-electron chi connectivity index (χ2n) is 6.91. The van der Waals surface area contributed by atoms with Gasteiger partial charge in [0.2, 0.25) is 0 Å². The molecule has 0 unspecified atom stereocenters. The molecule has 0 bridgehead atoms. The highest BCUT2D eigenvalue weighted by molar-refractivity contribution is 5.81. The number of hydrogen-bond donors (Lipinski definition) is 0. The minimum atomic E-state index is -0.228. The van der Waals surface area contributed by atoms with Crippen molar-refractivity contribution in [3.05, 3.63) is 103 Å². The van der Waals surface area contributed by atoms with Crippen LogP contribution in [0.2, 0.25) is 0 Å². The second-order valence-corrected chi connectivity index (χ2v) is 6.91. The van der Waals surface area contributed by atoms with Crippen molar-refractivity contribution in [3.8, 4) is 22.4 Å². The van der Waals surface area contributed by atoms with E-state index in [1.807, 2.05) is 42.5 Å². The van der Waals surface area contributed by atoms with Crippen LogP contribution in [0.15, 0.2) is 91.4 Å². The van der Waals surface area contributed by atoms with Crippen molar-refractivity contribution in [2.24, 2.45) is 0 Å². The van der Waals surface area contributed by atoms with Crippen LogP contribution in [0.25, 0.3) is 22.4 Å². The number of pyridine rings is 1. The number of aryl methyl sites for hydroxylation is 1. The first-order valence-corrected chi connectivity index (χ1v) is 9.78. The van der Waals surface area contributed by atoms with Gasteiger partial charge in [0.1, 0.15) is 5.82 Å². The monoisotopic (exact) mass is 386 g/mol. The summed E-state index contributed by atoms with van der Waals surface area (Å²) < 4.78 is 21.4. The zero-order valence-electron chi connectivity index (χ0n) is 16.2. The molecule has 0 saturated heterocycles. The second kappa shape index (κ2) is 9.30. The van der Waals surface area contributed by atoms with Crippen molar-refractivity contribution < 1.29 is 9.13 Å². The molecule has 0 fully saturated rings. The first-order valence-electron chi connectivity index (χ1n) is 9.78. The first kappa shape index (κ1) is 19.1. The van der Waals surface area contributed by atoms with Gasteiger partial charge in [0, 0.05) is 42.9 Å². The Labute approximate surface area is 170 Å². The first-order chi connectivity index (χ1) is 14.3. The van der Waals surface area contributed by atoms with Gasteiger partial charge in [-0.25, -0.2) is 4.39 Å². The van der Waals surface area contributed by atoms with E-state index in [1.165, 1.54) is 17.7 Å². The van der Waals surface area contributed by atoms with Gasteiger partial charge in [-0.15, -0.1) is 0 Å². The Morgan fingerprint density at radius 3 is 2.34 bits per heavy atom. The van der Waals surface area contributed by atoms with E-state index in [1.54, 1.807) is 12.4 Å². The molecule has 3 nitrogen and oxygen atoms in total. The smallest absolute Gasteiger partial charge is 0.123 e. The predicted molar refractivity (Wildman–Crippen MR) is 114 cm³/mol. The highest BCUT2D eigenvalue weighted by Crippen LogP contribution is 2.33. The van der Waals surface area contributed by atoms with Gasteiger partial charge < -0.3 is 9.30 Å². The molecule has 0 atom stereocenters. The molecule has 4 rings (SSSR count). The summed E-state index contributed by atoms with van der Waals surface area (Å²) in [6.45, 7) is 2.16. The molecule has 0 amide bonds. The van der Waals surface area contributed by atoms with Crippen LogP contribution in [0.5, 0.6) is 0 Å². The lowest BCUT2D eigenvalue weighted by Crippen LogP contribution is -2.04. The third-order valence-electron chi connectivity index (χ3n) is 4.87. The van der Waals surface area contributed by atoms with Crippen LogP contribution in [0.3, 0.4) is 0 Å². The van der Waals surface area contributed by atoms with E-state index in [9.17, 15) is 4.39 Å². The van der Waals surface area contributed by atoms with Gasteiger partial charge in [-0.05, 0) is 47.9 Å². The van der Waals surface area contributed by atoms with E-state index in [2.05, 4.69) is 33.9 Å². The maximum Gasteiger partial charge on any atom is 0.123 e. The average molecular weight is 386 g/mol. The van der Waals surface area contributed by atoms with Crippen LogP contribution in [0.4, 0.5) is 4.39 Å². The molecular formula is C25H23FN2O. The topological polar surface area (TPSA) is 27.1 Å². The van der Waals surface area contributed by atoms with Gasteiger partial charge in [0.25, 0.3) is 0 Å². The molecule has 4 heteroatoms. The minimum Gasteiger partial charge on any atom is -0.377 e. The number of nitrogens with zero attached hydrogens (tertiary/aromatic N) is 2. The van der Waals surface area contributed by atoms with Crippen molar-refractivity contribution in [1.29, 1.82) is 0 Å². The Morgan fingerprint density at radius 2 is 1.59 bits per heavy atom. The summed E-state index contributed by atoms with van der Waals surface area (Å²) in [6.07, 6.45) is 6.59. The number of benzene rings is 2. The van der Waals surface area contributed by atoms with E-state index >= 15 is 0 Å². The molecule has 146 valence electrons. The van der Waals surface area contributed by atoms with E-state index in [-0.39, 0.29) is 5.82 Å². The predicted octanol–water partition coefficient (Wildman–Crippen LogP) is 5.96. The molecular weight excluding hydrogens is 363 g/mol. The summed E-state index contributed by atoms with van der Waals surface area (Å²) in [5.74, 6) is -0.228. The summed E-state index contributed by atoms with van der Waals surface area (Å²) in [6, 6.07) is 22.9. The number of rotatable bonds is 8.